The number of hydrogen-bond acceptors (Lipinski definition) is 2. The lowest BCUT2D eigenvalue weighted by Gasteiger charge is -2.29. The lowest BCUT2D eigenvalue weighted by atomic mass is 9.71. The van der Waals surface area contributed by atoms with Gasteiger partial charge in [0.2, 0.25) is 0 Å². The normalized spacial score (nSPS) is 36.3. The average Bonchev–Trinajstić information content (AvgIpc) is 2.41. The highest BCUT2D eigenvalue weighted by atomic mass is 16.2. The molecular formula is C10H14O2. The van der Waals surface area contributed by atoms with Gasteiger partial charge in [-0.2, -0.15) is 0 Å². The first-order valence-corrected chi connectivity index (χ1v) is 4.82. The molecule has 2 aliphatic carbocycles. The summed E-state index contributed by atoms with van der Waals surface area (Å²) in [5, 5.41) is 0. The van der Waals surface area contributed by atoms with E-state index >= 15 is 0 Å². The number of carbonyl (C=O) groups excluding carboxylic acids is 2. The molecule has 0 saturated heterocycles. The van der Waals surface area contributed by atoms with Crippen LogP contribution in [0.5, 0.6) is 0 Å². The standard InChI is InChI=1S/C10H14O2/c11-8-4-1-2-6-10(8)7-3-5-9(10)12/h1-7H2/t10-/m1/s1. The van der Waals surface area contributed by atoms with Crippen LogP contribution < -0.4 is 0 Å². The molecule has 2 heteroatoms. The molecule has 0 radical (unpaired) electrons. The highest BCUT2D eigenvalue weighted by molar-refractivity contribution is 6.08. The van der Waals surface area contributed by atoms with E-state index in [0.717, 1.165) is 32.1 Å². The van der Waals surface area contributed by atoms with Crippen molar-refractivity contribution in [3.63, 3.8) is 0 Å². The Labute approximate surface area is 72.3 Å². The van der Waals surface area contributed by atoms with Crippen molar-refractivity contribution in [2.24, 2.45) is 5.41 Å². The summed E-state index contributed by atoms with van der Waals surface area (Å²) in [6, 6.07) is 0. The molecule has 12 heavy (non-hydrogen) atoms. The van der Waals surface area contributed by atoms with Crippen molar-refractivity contribution < 1.29 is 9.59 Å². The molecule has 0 aromatic carbocycles. The van der Waals surface area contributed by atoms with Gasteiger partial charge in [0.15, 0.2) is 0 Å². The minimum absolute atomic E-state index is 0.229. The van der Waals surface area contributed by atoms with Crippen LogP contribution in [0.15, 0.2) is 0 Å². The molecule has 1 spiro atoms. The first-order valence-electron chi connectivity index (χ1n) is 4.82. The van der Waals surface area contributed by atoms with Crippen molar-refractivity contribution in [2.75, 3.05) is 0 Å². The number of rotatable bonds is 0. The van der Waals surface area contributed by atoms with Crippen LogP contribution in [0.25, 0.3) is 0 Å². The number of ketones is 2. The van der Waals surface area contributed by atoms with E-state index in [1.807, 2.05) is 0 Å². The van der Waals surface area contributed by atoms with Crippen LogP contribution in [0, 0.1) is 5.41 Å². The van der Waals surface area contributed by atoms with Crippen molar-refractivity contribution in [3.8, 4) is 0 Å². The zero-order valence-electron chi connectivity index (χ0n) is 7.27. The van der Waals surface area contributed by atoms with Crippen LogP contribution in [0.3, 0.4) is 0 Å². The van der Waals surface area contributed by atoms with E-state index in [1.165, 1.54) is 0 Å². The van der Waals surface area contributed by atoms with Crippen molar-refractivity contribution in [3.05, 3.63) is 0 Å². The first-order chi connectivity index (χ1) is 5.76. The summed E-state index contributed by atoms with van der Waals surface area (Å²) in [5.74, 6) is 0.462. The van der Waals surface area contributed by atoms with Crippen LogP contribution in [-0.2, 0) is 9.59 Å². The molecule has 2 nitrogen and oxygen atoms in total. The Morgan fingerprint density at radius 2 is 1.42 bits per heavy atom. The van der Waals surface area contributed by atoms with E-state index in [2.05, 4.69) is 0 Å². The third-order valence-corrected chi connectivity index (χ3v) is 3.33. The Kier molecular flexibility index (Phi) is 1.78. The Bertz CT molecular complexity index is 232. The van der Waals surface area contributed by atoms with Gasteiger partial charge in [-0.1, -0.05) is 6.42 Å². The molecule has 2 rings (SSSR count). The largest absolute Gasteiger partial charge is 0.299 e. The monoisotopic (exact) mass is 166 g/mol. The van der Waals surface area contributed by atoms with Gasteiger partial charge in [0.25, 0.3) is 0 Å². The number of carbonyl (C=O) groups is 2. The zero-order chi connectivity index (χ0) is 8.60. The van der Waals surface area contributed by atoms with Gasteiger partial charge >= 0.3 is 0 Å². The third kappa shape index (κ3) is 0.936. The Morgan fingerprint density at radius 3 is 2.00 bits per heavy atom. The molecule has 0 aromatic heterocycles. The van der Waals surface area contributed by atoms with Gasteiger partial charge in [-0.25, -0.2) is 0 Å². The molecule has 0 heterocycles. The minimum Gasteiger partial charge on any atom is -0.299 e. The van der Waals surface area contributed by atoms with Crippen LogP contribution in [0.2, 0.25) is 0 Å². The number of hydrogen-bond donors (Lipinski definition) is 0. The van der Waals surface area contributed by atoms with Gasteiger partial charge < -0.3 is 0 Å². The lowest BCUT2D eigenvalue weighted by Crippen LogP contribution is -2.37. The summed E-state index contributed by atoms with van der Waals surface area (Å²) in [6.07, 6.45) is 5.96. The molecule has 0 bridgehead atoms. The van der Waals surface area contributed by atoms with Crippen molar-refractivity contribution >= 4 is 11.6 Å². The average molecular weight is 166 g/mol. The first kappa shape index (κ1) is 7.96. The highest BCUT2D eigenvalue weighted by Gasteiger charge is 2.48. The van der Waals surface area contributed by atoms with E-state index < -0.39 is 5.41 Å². The van der Waals surface area contributed by atoms with Gasteiger partial charge in [0.05, 0.1) is 5.41 Å². The van der Waals surface area contributed by atoms with Crippen LogP contribution in [0.4, 0.5) is 0 Å². The maximum atomic E-state index is 11.6. The Balaban J connectivity index is 2.27. The molecular weight excluding hydrogens is 152 g/mol. The van der Waals surface area contributed by atoms with Gasteiger partial charge in [0, 0.05) is 12.8 Å². The molecule has 66 valence electrons. The Hall–Kier alpha value is -0.660. The van der Waals surface area contributed by atoms with E-state index in [1.54, 1.807) is 0 Å². The molecule has 1 atom stereocenters. The van der Waals surface area contributed by atoms with Crippen LogP contribution in [0.1, 0.15) is 44.9 Å². The second-order valence-electron chi connectivity index (χ2n) is 3.99. The van der Waals surface area contributed by atoms with Crippen molar-refractivity contribution in [1.82, 2.24) is 0 Å². The van der Waals surface area contributed by atoms with E-state index in [-0.39, 0.29) is 11.6 Å². The molecule has 0 amide bonds. The molecule has 2 fully saturated rings. The van der Waals surface area contributed by atoms with Gasteiger partial charge in [0.1, 0.15) is 11.6 Å². The van der Waals surface area contributed by atoms with Crippen molar-refractivity contribution in [1.29, 1.82) is 0 Å². The summed E-state index contributed by atoms with van der Waals surface area (Å²) in [7, 11) is 0. The maximum Gasteiger partial charge on any atom is 0.146 e. The fourth-order valence-corrected chi connectivity index (χ4v) is 2.58. The van der Waals surface area contributed by atoms with E-state index in [4.69, 9.17) is 0 Å². The number of Topliss-reactive ketones (excluding diaryl/α,β-unsaturated/α-hetero) is 2. The molecule has 0 unspecified atom stereocenters. The molecule has 0 aliphatic heterocycles. The fraction of sp³-hybridized carbons (Fsp3) is 0.800. The fourth-order valence-electron chi connectivity index (χ4n) is 2.58. The summed E-state index contributed by atoms with van der Waals surface area (Å²) in [4.78, 5) is 23.1. The van der Waals surface area contributed by atoms with Crippen LogP contribution in [-0.4, -0.2) is 11.6 Å². The zero-order valence-corrected chi connectivity index (χ0v) is 7.27. The second kappa shape index (κ2) is 2.68. The summed E-state index contributed by atoms with van der Waals surface area (Å²) in [5.41, 5.74) is -0.488. The maximum absolute atomic E-state index is 11.6. The van der Waals surface area contributed by atoms with E-state index in [0.29, 0.717) is 12.8 Å². The summed E-state index contributed by atoms with van der Waals surface area (Å²) < 4.78 is 0. The predicted molar refractivity (Wildman–Crippen MR) is 44.8 cm³/mol. The minimum atomic E-state index is -0.488. The summed E-state index contributed by atoms with van der Waals surface area (Å²) in [6.45, 7) is 0. The molecule has 2 aliphatic rings. The van der Waals surface area contributed by atoms with Crippen LogP contribution >= 0.6 is 0 Å². The third-order valence-electron chi connectivity index (χ3n) is 3.33. The van der Waals surface area contributed by atoms with Gasteiger partial charge in [-0.3, -0.25) is 9.59 Å². The Morgan fingerprint density at radius 1 is 0.833 bits per heavy atom. The predicted octanol–water partition coefficient (Wildman–Crippen LogP) is 1.87. The molecule has 0 N–H and O–H groups in total. The lowest BCUT2D eigenvalue weighted by molar-refractivity contribution is -0.140. The summed E-state index contributed by atoms with van der Waals surface area (Å²) >= 11 is 0. The van der Waals surface area contributed by atoms with Gasteiger partial charge in [-0.15, -0.1) is 0 Å². The molecule has 0 aromatic rings. The smallest absolute Gasteiger partial charge is 0.146 e. The quantitative estimate of drug-likeness (QED) is 0.515. The topological polar surface area (TPSA) is 34.1 Å². The SMILES string of the molecule is O=C1CCCC[C@@]12CCCC2=O. The second-order valence-corrected chi connectivity index (χ2v) is 3.99. The van der Waals surface area contributed by atoms with Gasteiger partial charge in [-0.05, 0) is 25.7 Å². The molecule has 2 saturated carbocycles. The highest BCUT2D eigenvalue weighted by Crippen LogP contribution is 2.43. The van der Waals surface area contributed by atoms with Crippen molar-refractivity contribution in [2.45, 2.75) is 44.9 Å². The van der Waals surface area contributed by atoms with E-state index in [9.17, 15) is 9.59 Å².